The Kier molecular flexibility index (Phi) is 8.21. The zero-order valence-corrected chi connectivity index (χ0v) is 20.0. The van der Waals surface area contributed by atoms with E-state index in [9.17, 15) is 8.42 Å². The van der Waals surface area contributed by atoms with Crippen molar-refractivity contribution in [3.63, 3.8) is 0 Å². The molecular weight excluding hydrogens is 428 g/mol. The summed E-state index contributed by atoms with van der Waals surface area (Å²) in [5, 5.41) is 0.697. The van der Waals surface area contributed by atoms with E-state index in [-0.39, 0.29) is 9.92 Å². The molecule has 2 aromatic carbocycles. The highest BCUT2D eigenvalue weighted by Gasteiger charge is 2.26. The van der Waals surface area contributed by atoms with Gasteiger partial charge in [-0.1, -0.05) is 50.3 Å². The second kappa shape index (κ2) is 10.9. The summed E-state index contributed by atoms with van der Waals surface area (Å²) in [5.74, 6) is 2.12. The highest BCUT2D eigenvalue weighted by atomic mass is 32.2. The van der Waals surface area contributed by atoms with Crippen LogP contribution in [-0.4, -0.2) is 31.2 Å². The molecule has 1 heterocycles. The number of benzene rings is 2. The predicted molar refractivity (Wildman–Crippen MR) is 127 cm³/mol. The number of imidazole rings is 1. The summed E-state index contributed by atoms with van der Waals surface area (Å²) in [6.07, 6.45) is 5.84. The Labute approximate surface area is 189 Å². The van der Waals surface area contributed by atoms with Gasteiger partial charge < -0.3 is 9.72 Å². The summed E-state index contributed by atoms with van der Waals surface area (Å²) >= 11 is 1.51. The molecule has 0 bridgehead atoms. The Balaban J connectivity index is 1.90. The van der Waals surface area contributed by atoms with Gasteiger partial charge in [-0.25, -0.2) is 13.4 Å². The third-order valence-electron chi connectivity index (χ3n) is 5.09. The zero-order chi connectivity index (χ0) is 22.3. The second-order valence-electron chi connectivity index (χ2n) is 7.53. The molecule has 166 valence electrons. The van der Waals surface area contributed by atoms with Crippen LogP contribution in [0.5, 0.6) is 5.75 Å². The number of methoxy groups -OCH3 is 1. The highest BCUT2D eigenvalue weighted by molar-refractivity contribution is 8.00. The van der Waals surface area contributed by atoms with Gasteiger partial charge in [0.2, 0.25) is 9.84 Å². The summed E-state index contributed by atoms with van der Waals surface area (Å²) in [4.78, 5) is 8.03. The molecule has 0 aliphatic carbocycles. The first-order valence-electron chi connectivity index (χ1n) is 10.6. The molecule has 1 aromatic heterocycles. The normalized spacial score (nSPS) is 11.6. The number of rotatable bonds is 11. The van der Waals surface area contributed by atoms with Crippen LogP contribution in [0.15, 0.2) is 63.5 Å². The molecule has 0 spiro atoms. The van der Waals surface area contributed by atoms with E-state index in [0.717, 1.165) is 35.5 Å². The van der Waals surface area contributed by atoms with Gasteiger partial charge in [0.1, 0.15) is 16.6 Å². The van der Waals surface area contributed by atoms with Crippen molar-refractivity contribution in [1.29, 1.82) is 0 Å². The minimum atomic E-state index is -3.70. The molecule has 0 aliphatic rings. The smallest absolute Gasteiger partial charge is 0.224 e. The van der Waals surface area contributed by atoms with Crippen molar-refractivity contribution in [3.05, 3.63) is 54.1 Å². The van der Waals surface area contributed by atoms with Gasteiger partial charge in [-0.15, -0.1) is 11.8 Å². The van der Waals surface area contributed by atoms with Crippen LogP contribution in [-0.2, 0) is 9.84 Å². The average Bonchev–Trinajstić information content (AvgIpc) is 3.21. The third kappa shape index (κ3) is 5.92. The molecule has 0 radical (unpaired) electrons. The van der Waals surface area contributed by atoms with Crippen LogP contribution in [0.1, 0.15) is 44.6 Å². The molecule has 3 aromatic rings. The lowest BCUT2D eigenvalue weighted by Gasteiger charge is -2.05. The quantitative estimate of drug-likeness (QED) is 0.270. The largest absolute Gasteiger partial charge is 0.497 e. The number of aryl methyl sites for hydroxylation is 1. The van der Waals surface area contributed by atoms with E-state index in [0.29, 0.717) is 10.9 Å². The monoisotopic (exact) mass is 458 g/mol. The van der Waals surface area contributed by atoms with E-state index in [1.165, 1.54) is 31.0 Å². The molecule has 3 rings (SSSR count). The van der Waals surface area contributed by atoms with E-state index in [2.05, 4.69) is 16.9 Å². The van der Waals surface area contributed by atoms with E-state index >= 15 is 0 Å². The van der Waals surface area contributed by atoms with Crippen LogP contribution in [0.25, 0.3) is 11.4 Å². The molecule has 7 heteroatoms. The van der Waals surface area contributed by atoms with Gasteiger partial charge in [-0.2, -0.15) is 0 Å². The molecule has 1 N–H and O–H groups in total. The molecule has 0 atom stereocenters. The van der Waals surface area contributed by atoms with Gasteiger partial charge in [-0.05, 0) is 55.5 Å². The number of sulfone groups is 1. The van der Waals surface area contributed by atoms with Gasteiger partial charge in [0.25, 0.3) is 0 Å². The van der Waals surface area contributed by atoms with Crippen molar-refractivity contribution in [2.45, 2.75) is 60.9 Å². The number of nitrogens with zero attached hydrogens (tertiary/aromatic N) is 1. The fourth-order valence-electron chi connectivity index (χ4n) is 3.22. The van der Waals surface area contributed by atoms with Gasteiger partial charge in [0, 0.05) is 5.56 Å². The van der Waals surface area contributed by atoms with E-state index in [1.54, 1.807) is 19.2 Å². The molecular formula is C24H30N2O3S2. The number of unbranched alkanes of at least 4 members (excludes halogenated alkanes) is 4. The molecule has 0 amide bonds. The lowest BCUT2D eigenvalue weighted by Crippen LogP contribution is -2.04. The summed E-state index contributed by atoms with van der Waals surface area (Å²) in [5.41, 5.74) is 1.83. The number of ether oxygens (including phenoxy) is 1. The van der Waals surface area contributed by atoms with Crippen molar-refractivity contribution in [3.8, 4) is 17.1 Å². The maximum Gasteiger partial charge on any atom is 0.224 e. The number of aromatic nitrogens is 2. The summed E-state index contributed by atoms with van der Waals surface area (Å²) in [6.45, 7) is 4.13. The second-order valence-corrected chi connectivity index (χ2v) is 10.5. The number of hydrogen-bond acceptors (Lipinski definition) is 5. The average molecular weight is 459 g/mol. The van der Waals surface area contributed by atoms with Crippen LogP contribution in [0.3, 0.4) is 0 Å². The van der Waals surface area contributed by atoms with Crippen molar-refractivity contribution < 1.29 is 13.2 Å². The fraction of sp³-hybridized carbons (Fsp3) is 0.375. The minimum absolute atomic E-state index is 0.167. The summed E-state index contributed by atoms with van der Waals surface area (Å²) in [7, 11) is -2.09. The number of thioether (sulfide) groups is 1. The fourth-order valence-corrected chi connectivity index (χ4v) is 5.84. The molecule has 0 saturated carbocycles. The Morgan fingerprint density at radius 1 is 0.968 bits per heavy atom. The number of aromatic amines is 1. The molecule has 0 saturated heterocycles. The van der Waals surface area contributed by atoms with Gasteiger partial charge in [0.05, 0.1) is 12.0 Å². The van der Waals surface area contributed by atoms with Gasteiger partial charge in [-0.3, -0.25) is 0 Å². The van der Waals surface area contributed by atoms with E-state index in [1.807, 2.05) is 43.3 Å². The lowest BCUT2D eigenvalue weighted by molar-refractivity contribution is 0.415. The first-order chi connectivity index (χ1) is 15.0. The molecule has 31 heavy (non-hydrogen) atoms. The maximum absolute atomic E-state index is 13.4. The summed E-state index contributed by atoms with van der Waals surface area (Å²) < 4.78 is 32.0. The first-order valence-corrected chi connectivity index (χ1v) is 13.1. The van der Waals surface area contributed by atoms with Crippen LogP contribution < -0.4 is 4.74 Å². The Morgan fingerprint density at radius 3 is 2.29 bits per heavy atom. The van der Waals surface area contributed by atoms with Gasteiger partial charge in [0.15, 0.2) is 5.03 Å². The van der Waals surface area contributed by atoms with Crippen molar-refractivity contribution in [2.24, 2.45) is 0 Å². The first kappa shape index (κ1) is 23.4. The Bertz CT molecular complexity index is 1070. The minimum Gasteiger partial charge on any atom is -0.497 e. The topological polar surface area (TPSA) is 72.0 Å². The van der Waals surface area contributed by atoms with Crippen molar-refractivity contribution in [1.82, 2.24) is 9.97 Å². The molecule has 0 fully saturated rings. The van der Waals surface area contributed by atoms with E-state index in [4.69, 9.17) is 4.74 Å². The van der Waals surface area contributed by atoms with Crippen LogP contribution >= 0.6 is 11.8 Å². The number of H-pyrrole nitrogens is 1. The maximum atomic E-state index is 13.4. The van der Waals surface area contributed by atoms with Crippen molar-refractivity contribution in [2.75, 3.05) is 12.9 Å². The predicted octanol–water partition coefficient (Wildman–Crippen LogP) is 6.29. The van der Waals surface area contributed by atoms with Gasteiger partial charge >= 0.3 is 0 Å². The lowest BCUT2D eigenvalue weighted by atomic mass is 10.2. The zero-order valence-electron chi connectivity index (χ0n) is 18.3. The molecule has 0 unspecified atom stereocenters. The van der Waals surface area contributed by atoms with Crippen LogP contribution in [0.2, 0.25) is 0 Å². The number of hydrogen-bond donors (Lipinski definition) is 1. The number of nitrogens with one attached hydrogen (secondary N) is 1. The third-order valence-corrected chi connectivity index (χ3v) is 8.01. The SMILES string of the molecule is CCCCCCCSc1nc(-c2ccc(OC)cc2)[nH]c1S(=O)(=O)c1ccc(C)cc1. The van der Waals surface area contributed by atoms with Crippen LogP contribution in [0, 0.1) is 6.92 Å². The standard InChI is InChI=1S/C24H30N2O3S2/c1-4-5-6-7-8-17-30-23-24(31(27,28)21-15-9-18(2)10-16-21)26-22(25-23)19-11-13-20(29-3)14-12-19/h9-16H,4-8,17H2,1-3H3,(H,25,26). The highest BCUT2D eigenvalue weighted by Crippen LogP contribution is 2.33. The molecule has 0 aliphatic heterocycles. The van der Waals surface area contributed by atoms with Crippen molar-refractivity contribution >= 4 is 21.6 Å². The summed E-state index contributed by atoms with van der Waals surface area (Å²) in [6, 6.07) is 14.4. The Morgan fingerprint density at radius 2 is 1.65 bits per heavy atom. The van der Waals surface area contributed by atoms with Crippen LogP contribution in [0.4, 0.5) is 0 Å². The Hall–Kier alpha value is -2.25. The van der Waals surface area contributed by atoms with E-state index < -0.39 is 9.84 Å². The molecule has 5 nitrogen and oxygen atoms in total.